The van der Waals surface area contributed by atoms with Gasteiger partial charge in [0, 0.05) is 13.5 Å². The van der Waals surface area contributed by atoms with E-state index in [0.29, 0.717) is 0 Å². The van der Waals surface area contributed by atoms with Crippen molar-refractivity contribution >= 4 is 15.9 Å². The van der Waals surface area contributed by atoms with Gasteiger partial charge < -0.3 is 9.67 Å². The van der Waals surface area contributed by atoms with Crippen molar-refractivity contribution in [2.75, 3.05) is 0 Å². The van der Waals surface area contributed by atoms with Gasteiger partial charge in [-0.2, -0.15) is 0 Å². The molecule has 62 valence electrons. The van der Waals surface area contributed by atoms with Gasteiger partial charge in [0.2, 0.25) is 0 Å². The molecule has 0 fully saturated rings. The smallest absolute Gasteiger partial charge is 0.130 e. The molecule has 0 unspecified atom stereocenters. The van der Waals surface area contributed by atoms with Crippen LogP contribution in [0.5, 0.6) is 0 Å². The first kappa shape index (κ1) is 8.74. The maximum absolute atomic E-state index is 8.92. The van der Waals surface area contributed by atoms with E-state index in [1.54, 1.807) is 0 Å². The Bertz CT molecular complexity index is 257. The predicted octanol–water partition coefficient (Wildman–Crippen LogP) is 1.24. The fourth-order valence-electron chi connectivity index (χ4n) is 1.03. The van der Waals surface area contributed by atoms with Gasteiger partial charge in [0.05, 0.1) is 12.3 Å². The van der Waals surface area contributed by atoms with E-state index in [9.17, 15) is 0 Å². The van der Waals surface area contributed by atoms with Crippen molar-refractivity contribution in [3.8, 4) is 0 Å². The van der Waals surface area contributed by atoms with E-state index in [0.717, 1.165) is 22.5 Å². The molecule has 0 saturated heterocycles. The van der Waals surface area contributed by atoms with Gasteiger partial charge in [-0.3, -0.25) is 0 Å². The molecule has 0 atom stereocenters. The molecule has 1 N–H and O–H groups in total. The Morgan fingerprint density at radius 3 is 2.55 bits per heavy atom. The molecular formula is C7H11BrN2O. The van der Waals surface area contributed by atoms with Crippen LogP contribution in [0.2, 0.25) is 0 Å². The first-order valence-electron chi connectivity index (χ1n) is 3.51. The second-order valence-corrected chi connectivity index (χ2v) is 3.09. The van der Waals surface area contributed by atoms with Crippen LogP contribution in [-0.2, 0) is 20.1 Å². The van der Waals surface area contributed by atoms with E-state index < -0.39 is 0 Å². The van der Waals surface area contributed by atoms with Gasteiger partial charge in [-0.1, -0.05) is 6.92 Å². The minimum Gasteiger partial charge on any atom is -0.390 e. The molecule has 0 aliphatic rings. The lowest BCUT2D eigenvalue weighted by molar-refractivity contribution is 0.271. The van der Waals surface area contributed by atoms with Crippen LogP contribution in [0.15, 0.2) is 4.60 Å². The molecular weight excluding hydrogens is 208 g/mol. The summed E-state index contributed by atoms with van der Waals surface area (Å²) < 4.78 is 2.66. The van der Waals surface area contributed by atoms with Crippen LogP contribution >= 0.6 is 15.9 Å². The van der Waals surface area contributed by atoms with E-state index >= 15 is 0 Å². The third kappa shape index (κ3) is 1.46. The molecule has 11 heavy (non-hydrogen) atoms. The van der Waals surface area contributed by atoms with Crippen molar-refractivity contribution in [2.45, 2.75) is 20.0 Å². The number of aryl methyl sites for hydroxylation is 1. The second-order valence-electron chi connectivity index (χ2n) is 2.34. The number of rotatable bonds is 2. The Morgan fingerprint density at radius 1 is 1.64 bits per heavy atom. The van der Waals surface area contributed by atoms with Crippen molar-refractivity contribution in [3.05, 3.63) is 16.1 Å². The number of nitrogens with zero attached hydrogens (tertiary/aromatic N) is 2. The van der Waals surface area contributed by atoms with Crippen molar-refractivity contribution in [1.82, 2.24) is 9.55 Å². The van der Waals surface area contributed by atoms with Gasteiger partial charge >= 0.3 is 0 Å². The maximum atomic E-state index is 8.92. The van der Waals surface area contributed by atoms with Crippen LogP contribution in [0.1, 0.15) is 18.4 Å². The van der Waals surface area contributed by atoms with Gasteiger partial charge in [-0.05, 0) is 15.9 Å². The van der Waals surface area contributed by atoms with Crippen LogP contribution in [0.25, 0.3) is 0 Å². The zero-order valence-electron chi connectivity index (χ0n) is 6.63. The molecule has 0 bridgehead atoms. The number of aliphatic hydroxyl groups is 1. The van der Waals surface area contributed by atoms with Crippen LogP contribution in [0.4, 0.5) is 0 Å². The lowest BCUT2D eigenvalue weighted by atomic mass is 10.4. The van der Waals surface area contributed by atoms with E-state index in [-0.39, 0.29) is 6.61 Å². The highest BCUT2D eigenvalue weighted by atomic mass is 79.9. The monoisotopic (exact) mass is 218 g/mol. The summed E-state index contributed by atoms with van der Waals surface area (Å²) in [6, 6.07) is 0. The van der Waals surface area contributed by atoms with Crippen LogP contribution in [-0.4, -0.2) is 14.7 Å². The second kappa shape index (κ2) is 3.36. The van der Waals surface area contributed by atoms with Crippen molar-refractivity contribution in [1.29, 1.82) is 0 Å². The summed E-state index contributed by atoms with van der Waals surface area (Å²) in [6.45, 7) is 2.07. The molecule has 0 aliphatic carbocycles. The molecule has 1 aromatic rings. The van der Waals surface area contributed by atoms with E-state index in [1.807, 2.05) is 18.5 Å². The highest BCUT2D eigenvalue weighted by Gasteiger charge is 2.08. The highest BCUT2D eigenvalue weighted by Crippen LogP contribution is 2.16. The Hall–Kier alpha value is -0.350. The summed E-state index contributed by atoms with van der Waals surface area (Å²) in [6.07, 6.45) is 0.884. The minimum atomic E-state index is 0.0318. The van der Waals surface area contributed by atoms with Crippen molar-refractivity contribution < 1.29 is 5.11 Å². The van der Waals surface area contributed by atoms with Gasteiger partial charge in [0.25, 0.3) is 0 Å². The fourth-order valence-corrected chi connectivity index (χ4v) is 1.63. The zero-order chi connectivity index (χ0) is 8.43. The summed E-state index contributed by atoms with van der Waals surface area (Å²) in [5, 5.41) is 8.92. The minimum absolute atomic E-state index is 0.0318. The number of halogens is 1. The molecule has 1 heterocycles. The van der Waals surface area contributed by atoms with Crippen LogP contribution < -0.4 is 0 Å². The normalized spacial score (nSPS) is 10.5. The van der Waals surface area contributed by atoms with Crippen LogP contribution in [0.3, 0.4) is 0 Å². The van der Waals surface area contributed by atoms with Gasteiger partial charge in [0.1, 0.15) is 10.4 Å². The van der Waals surface area contributed by atoms with Crippen molar-refractivity contribution in [3.63, 3.8) is 0 Å². The number of aliphatic hydroxyl groups excluding tert-OH is 1. The largest absolute Gasteiger partial charge is 0.390 e. The Labute approximate surface area is 74.2 Å². The predicted molar refractivity (Wildman–Crippen MR) is 46.2 cm³/mol. The summed E-state index contributed by atoms with van der Waals surface area (Å²) in [5.74, 6) is 0.987. The van der Waals surface area contributed by atoms with Crippen molar-refractivity contribution in [2.24, 2.45) is 7.05 Å². The Balaban J connectivity index is 3.14. The average Bonchev–Trinajstić information content (AvgIpc) is 2.26. The molecule has 0 radical (unpaired) electrons. The molecule has 0 spiro atoms. The fraction of sp³-hybridized carbons (Fsp3) is 0.571. The van der Waals surface area contributed by atoms with E-state index in [1.165, 1.54) is 0 Å². The number of hydrogen-bond acceptors (Lipinski definition) is 2. The Morgan fingerprint density at radius 2 is 2.27 bits per heavy atom. The highest BCUT2D eigenvalue weighted by molar-refractivity contribution is 9.10. The SMILES string of the molecule is CCc1nc(Br)c(CO)n1C. The lowest BCUT2D eigenvalue weighted by Crippen LogP contribution is -2.00. The quantitative estimate of drug-likeness (QED) is 0.812. The molecule has 0 aromatic carbocycles. The molecule has 1 aromatic heterocycles. The number of imidazole rings is 1. The first-order chi connectivity index (χ1) is 5.20. The first-order valence-corrected chi connectivity index (χ1v) is 4.30. The third-order valence-electron chi connectivity index (χ3n) is 1.72. The summed E-state index contributed by atoms with van der Waals surface area (Å²) in [7, 11) is 1.90. The molecule has 4 heteroatoms. The number of hydrogen-bond donors (Lipinski definition) is 1. The molecule has 0 amide bonds. The van der Waals surface area contributed by atoms with Gasteiger partial charge in [-0.15, -0.1) is 0 Å². The summed E-state index contributed by atoms with van der Waals surface area (Å²) in [4.78, 5) is 4.22. The molecule has 0 aliphatic heterocycles. The third-order valence-corrected chi connectivity index (χ3v) is 2.36. The van der Waals surface area contributed by atoms with E-state index in [2.05, 4.69) is 20.9 Å². The lowest BCUT2D eigenvalue weighted by Gasteiger charge is -2.00. The topological polar surface area (TPSA) is 38.1 Å². The average molecular weight is 219 g/mol. The van der Waals surface area contributed by atoms with E-state index in [4.69, 9.17) is 5.11 Å². The standard InChI is InChI=1S/C7H11BrN2O/c1-3-6-9-7(8)5(4-11)10(6)2/h11H,3-4H2,1-2H3. The summed E-state index contributed by atoms with van der Waals surface area (Å²) in [5.41, 5.74) is 0.835. The summed E-state index contributed by atoms with van der Waals surface area (Å²) >= 11 is 3.28. The van der Waals surface area contributed by atoms with Gasteiger partial charge in [0.15, 0.2) is 0 Å². The van der Waals surface area contributed by atoms with Crippen LogP contribution in [0, 0.1) is 0 Å². The molecule has 0 saturated carbocycles. The zero-order valence-corrected chi connectivity index (χ0v) is 8.22. The molecule has 1 rings (SSSR count). The van der Waals surface area contributed by atoms with Gasteiger partial charge in [-0.25, -0.2) is 4.98 Å². The Kier molecular flexibility index (Phi) is 2.67. The number of aromatic nitrogens is 2. The molecule has 3 nitrogen and oxygen atoms in total. The maximum Gasteiger partial charge on any atom is 0.130 e.